The van der Waals surface area contributed by atoms with E-state index < -0.39 is 0 Å². The Bertz CT molecular complexity index is 1230. The average Bonchev–Trinajstić information content (AvgIpc) is 3.27. The minimum absolute atomic E-state index is 0.0122. The number of rotatable bonds is 6. The minimum Gasteiger partial charge on any atom is -0.358 e. The third kappa shape index (κ3) is 4.55. The Morgan fingerprint density at radius 3 is 2.58 bits per heavy atom. The molecule has 0 aliphatic rings. The number of para-hydroxylation sites is 1. The maximum atomic E-state index is 12.6. The maximum absolute atomic E-state index is 12.6. The van der Waals surface area contributed by atoms with Crippen LogP contribution in [-0.4, -0.2) is 34.4 Å². The predicted octanol–water partition coefficient (Wildman–Crippen LogP) is 5.60. The molecule has 0 aliphatic carbocycles. The molecule has 0 fully saturated rings. The molecule has 2 aromatic heterocycles. The number of nitrogens with zero attached hydrogens (tertiary/aromatic N) is 2. The van der Waals surface area contributed by atoms with Crippen molar-refractivity contribution in [2.75, 3.05) is 18.9 Å². The minimum atomic E-state index is -0.0122. The third-order valence-electron chi connectivity index (χ3n) is 5.46. The van der Waals surface area contributed by atoms with Gasteiger partial charge in [0, 0.05) is 33.2 Å². The summed E-state index contributed by atoms with van der Waals surface area (Å²) in [6, 6.07) is 12.5. The molecule has 31 heavy (non-hydrogen) atoms. The maximum Gasteiger partial charge on any atom is 0.238 e. The topological polar surface area (TPSA) is 61.0 Å². The lowest BCUT2D eigenvalue weighted by molar-refractivity contribution is -0.117. The Morgan fingerprint density at radius 1 is 1.13 bits per heavy atom. The Balaban J connectivity index is 1.43. The number of aromatic amines is 1. The van der Waals surface area contributed by atoms with Gasteiger partial charge in [0.05, 0.1) is 18.8 Å². The molecule has 0 bridgehead atoms. The van der Waals surface area contributed by atoms with Gasteiger partial charge in [-0.05, 0) is 51.9 Å². The van der Waals surface area contributed by atoms with Gasteiger partial charge in [0.2, 0.25) is 5.91 Å². The lowest BCUT2D eigenvalue weighted by atomic mass is 10.1. The monoisotopic (exact) mass is 432 g/mol. The molecular formula is C25H28N4OS. The number of hydrogen-bond donors (Lipinski definition) is 2. The van der Waals surface area contributed by atoms with Gasteiger partial charge >= 0.3 is 0 Å². The van der Waals surface area contributed by atoms with E-state index in [2.05, 4.69) is 59.9 Å². The number of likely N-dealkylation sites (N-methyl/N-ethyl adjacent to an activating group) is 1. The molecule has 5 nitrogen and oxygen atoms in total. The fourth-order valence-electron chi connectivity index (χ4n) is 4.19. The van der Waals surface area contributed by atoms with E-state index in [1.54, 1.807) is 11.3 Å². The van der Waals surface area contributed by atoms with Gasteiger partial charge in [0.25, 0.3) is 0 Å². The molecule has 2 heterocycles. The van der Waals surface area contributed by atoms with Crippen molar-refractivity contribution in [3.05, 3.63) is 69.2 Å². The van der Waals surface area contributed by atoms with Crippen LogP contribution in [0.25, 0.3) is 22.2 Å². The smallest absolute Gasteiger partial charge is 0.238 e. The zero-order valence-electron chi connectivity index (χ0n) is 18.7. The quantitative estimate of drug-likeness (QED) is 0.417. The second-order valence-corrected chi connectivity index (χ2v) is 9.23. The highest BCUT2D eigenvalue weighted by Gasteiger charge is 2.16. The number of aryl methyl sites for hydroxylation is 4. The van der Waals surface area contributed by atoms with Crippen LogP contribution in [0.5, 0.6) is 0 Å². The summed E-state index contributed by atoms with van der Waals surface area (Å²) in [5.41, 5.74) is 8.68. The lowest BCUT2D eigenvalue weighted by Gasteiger charge is -2.17. The Kier molecular flexibility index (Phi) is 5.94. The number of anilines is 1. The number of thiazole rings is 1. The first-order valence-corrected chi connectivity index (χ1v) is 11.3. The number of carbonyl (C=O) groups is 1. The highest BCUT2D eigenvalue weighted by molar-refractivity contribution is 7.09. The summed E-state index contributed by atoms with van der Waals surface area (Å²) in [5.74, 6) is -0.0122. The summed E-state index contributed by atoms with van der Waals surface area (Å²) in [5, 5.41) is 7.36. The van der Waals surface area contributed by atoms with Crippen LogP contribution in [0.15, 0.2) is 41.8 Å². The largest absolute Gasteiger partial charge is 0.358 e. The van der Waals surface area contributed by atoms with Gasteiger partial charge in [0.15, 0.2) is 0 Å². The van der Waals surface area contributed by atoms with Crippen LogP contribution in [0.1, 0.15) is 27.4 Å². The molecule has 0 saturated heterocycles. The van der Waals surface area contributed by atoms with Crippen molar-refractivity contribution in [2.24, 2.45) is 0 Å². The van der Waals surface area contributed by atoms with E-state index in [9.17, 15) is 4.79 Å². The summed E-state index contributed by atoms with van der Waals surface area (Å²) in [7, 11) is 1.95. The van der Waals surface area contributed by atoms with Crippen molar-refractivity contribution in [2.45, 2.75) is 34.2 Å². The first kappa shape index (κ1) is 21.3. The van der Waals surface area contributed by atoms with Crippen molar-refractivity contribution in [1.82, 2.24) is 14.9 Å². The van der Waals surface area contributed by atoms with Crippen LogP contribution >= 0.6 is 11.3 Å². The van der Waals surface area contributed by atoms with Crippen LogP contribution in [0.4, 0.5) is 5.69 Å². The molecule has 4 rings (SSSR count). The Morgan fingerprint density at radius 2 is 1.84 bits per heavy atom. The fraction of sp³-hybridized carbons (Fsp3) is 0.280. The van der Waals surface area contributed by atoms with Crippen LogP contribution in [0.2, 0.25) is 0 Å². The fourth-order valence-corrected chi connectivity index (χ4v) is 5.06. The highest BCUT2D eigenvalue weighted by Crippen LogP contribution is 2.32. The van der Waals surface area contributed by atoms with Crippen LogP contribution in [-0.2, 0) is 11.3 Å². The molecule has 1 amide bonds. The van der Waals surface area contributed by atoms with Crippen molar-refractivity contribution >= 4 is 33.8 Å². The summed E-state index contributed by atoms with van der Waals surface area (Å²) in [6.45, 7) is 9.16. The number of fused-ring (bicyclic) bond motifs is 1. The second-order valence-electron chi connectivity index (χ2n) is 8.29. The van der Waals surface area contributed by atoms with Gasteiger partial charge in [0.1, 0.15) is 5.01 Å². The average molecular weight is 433 g/mol. The third-order valence-corrected chi connectivity index (χ3v) is 6.30. The van der Waals surface area contributed by atoms with Crippen molar-refractivity contribution < 1.29 is 4.79 Å². The van der Waals surface area contributed by atoms with Crippen molar-refractivity contribution in [3.63, 3.8) is 0 Å². The summed E-state index contributed by atoms with van der Waals surface area (Å²) in [4.78, 5) is 22.9. The molecule has 2 N–H and O–H groups in total. The van der Waals surface area contributed by atoms with E-state index in [1.165, 1.54) is 10.9 Å². The molecule has 0 saturated carbocycles. The molecule has 6 heteroatoms. The first-order chi connectivity index (χ1) is 14.8. The Hall–Kier alpha value is -2.96. The second kappa shape index (κ2) is 8.65. The summed E-state index contributed by atoms with van der Waals surface area (Å²) >= 11 is 1.63. The number of amides is 1. The van der Waals surface area contributed by atoms with Gasteiger partial charge in [-0.3, -0.25) is 9.69 Å². The predicted molar refractivity (Wildman–Crippen MR) is 130 cm³/mol. The highest BCUT2D eigenvalue weighted by atomic mass is 32.1. The summed E-state index contributed by atoms with van der Waals surface area (Å²) < 4.78 is 0. The molecule has 0 aliphatic heterocycles. The number of nitrogens with one attached hydrogen (secondary N) is 2. The van der Waals surface area contributed by atoms with Crippen LogP contribution in [0.3, 0.4) is 0 Å². The lowest BCUT2D eigenvalue weighted by Crippen LogP contribution is -2.30. The van der Waals surface area contributed by atoms with E-state index in [4.69, 9.17) is 4.98 Å². The van der Waals surface area contributed by atoms with Crippen molar-refractivity contribution in [3.8, 4) is 11.3 Å². The van der Waals surface area contributed by atoms with E-state index >= 15 is 0 Å². The van der Waals surface area contributed by atoms with E-state index in [1.807, 2.05) is 31.9 Å². The van der Waals surface area contributed by atoms with Crippen molar-refractivity contribution in [1.29, 1.82) is 0 Å². The molecule has 0 unspecified atom stereocenters. The number of H-pyrrole nitrogens is 1. The molecule has 2 aromatic carbocycles. The zero-order valence-corrected chi connectivity index (χ0v) is 19.5. The number of benzene rings is 2. The van der Waals surface area contributed by atoms with Gasteiger partial charge in [-0.15, -0.1) is 11.3 Å². The van der Waals surface area contributed by atoms with E-state index in [0.717, 1.165) is 44.3 Å². The molecule has 160 valence electrons. The molecule has 0 radical (unpaired) electrons. The van der Waals surface area contributed by atoms with Crippen LogP contribution < -0.4 is 5.32 Å². The molecule has 4 aromatic rings. The first-order valence-electron chi connectivity index (χ1n) is 10.4. The van der Waals surface area contributed by atoms with E-state index in [-0.39, 0.29) is 5.91 Å². The zero-order chi connectivity index (χ0) is 22.1. The van der Waals surface area contributed by atoms with Gasteiger partial charge in [-0.2, -0.15) is 0 Å². The summed E-state index contributed by atoms with van der Waals surface area (Å²) in [6.07, 6.45) is 0. The SMILES string of the molecule is Cc1cc(C)c(NC(=O)CN(C)Cc2nc(-c3c(C)[nH]c4ccccc34)cs2)c(C)c1. The van der Waals surface area contributed by atoms with E-state index in [0.29, 0.717) is 13.1 Å². The van der Waals surface area contributed by atoms with Gasteiger partial charge < -0.3 is 10.3 Å². The number of aromatic nitrogens is 2. The molecule has 0 spiro atoms. The normalized spacial score (nSPS) is 11.4. The van der Waals surface area contributed by atoms with Gasteiger partial charge in [-0.1, -0.05) is 35.9 Å². The standard InChI is InChI=1S/C25H28N4OS/c1-15-10-16(2)25(17(3)11-15)28-22(30)12-29(5)13-23-27-21(14-31-23)24-18(4)26-20-9-7-6-8-19(20)24/h6-11,14,26H,12-13H2,1-5H3,(H,28,30). The molecular weight excluding hydrogens is 404 g/mol. The van der Waals surface area contributed by atoms with Gasteiger partial charge in [-0.25, -0.2) is 4.98 Å². The van der Waals surface area contributed by atoms with Crippen LogP contribution in [0, 0.1) is 27.7 Å². The number of hydrogen-bond acceptors (Lipinski definition) is 4. The number of carbonyl (C=O) groups excluding carboxylic acids is 1. The Labute approximate surface area is 187 Å². The molecule has 0 atom stereocenters.